The van der Waals surface area contributed by atoms with Gasteiger partial charge in [-0.05, 0) is 36.1 Å². The third-order valence-corrected chi connectivity index (χ3v) is 4.35. The van der Waals surface area contributed by atoms with Crippen molar-refractivity contribution in [3.05, 3.63) is 29.3 Å². The number of carbonyl (C=O) groups excluding carboxylic acids is 1. The molecule has 20 heavy (non-hydrogen) atoms. The maximum atomic E-state index is 11.5. The maximum Gasteiger partial charge on any atom is 0.250 e. The zero-order valence-corrected chi connectivity index (χ0v) is 12.0. The molecule has 0 atom stereocenters. The van der Waals surface area contributed by atoms with Crippen LogP contribution in [0.15, 0.2) is 18.2 Å². The Balaban J connectivity index is 1.66. The molecule has 0 bridgehead atoms. The fourth-order valence-electron chi connectivity index (χ4n) is 3.35. The number of hydrogen-bond donors (Lipinski definition) is 1. The van der Waals surface area contributed by atoms with Gasteiger partial charge in [0.05, 0.1) is 0 Å². The summed E-state index contributed by atoms with van der Waals surface area (Å²) in [6, 6.07) is 7.00. The standard InChI is InChI=1S/C16H22N2O2/c1-20-11-16(19)17-14-7-6-12-9-18(10-13(12)8-14)15-4-2-3-5-15/h6-8,15H,2-5,9-11H2,1H3,(H,17,19). The molecule has 0 unspecified atom stereocenters. The van der Waals surface area contributed by atoms with E-state index in [1.807, 2.05) is 6.07 Å². The van der Waals surface area contributed by atoms with Gasteiger partial charge in [0.25, 0.3) is 0 Å². The van der Waals surface area contributed by atoms with Crippen molar-refractivity contribution in [3.8, 4) is 0 Å². The molecular weight excluding hydrogens is 252 g/mol. The van der Waals surface area contributed by atoms with Crippen molar-refractivity contribution in [2.45, 2.75) is 44.8 Å². The lowest BCUT2D eigenvalue weighted by Crippen LogP contribution is -2.27. The number of nitrogens with zero attached hydrogens (tertiary/aromatic N) is 1. The molecule has 0 aromatic heterocycles. The number of ether oxygens (including phenoxy) is 1. The van der Waals surface area contributed by atoms with Crippen LogP contribution in [-0.2, 0) is 22.6 Å². The first-order valence-corrected chi connectivity index (χ1v) is 7.41. The highest BCUT2D eigenvalue weighted by molar-refractivity contribution is 5.91. The largest absolute Gasteiger partial charge is 0.375 e. The zero-order valence-electron chi connectivity index (χ0n) is 12.0. The van der Waals surface area contributed by atoms with E-state index in [0.717, 1.165) is 24.8 Å². The Hall–Kier alpha value is -1.39. The fraction of sp³-hybridized carbons (Fsp3) is 0.562. The SMILES string of the molecule is COCC(=O)Nc1ccc2c(c1)CN(C1CCCC1)C2. The first-order valence-electron chi connectivity index (χ1n) is 7.41. The molecule has 1 saturated carbocycles. The Morgan fingerprint density at radius 3 is 2.80 bits per heavy atom. The molecule has 1 aromatic rings. The van der Waals surface area contributed by atoms with Gasteiger partial charge in [-0.2, -0.15) is 0 Å². The van der Waals surface area contributed by atoms with Crippen LogP contribution in [0, 0.1) is 0 Å². The van der Waals surface area contributed by atoms with Crippen LogP contribution in [0.5, 0.6) is 0 Å². The van der Waals surface area contributed by atoms with Crippen LogP contribution < -0.4 is 5.32 Å². The summed E-state index contributed by atoms with van der Waals surface area (Å²) < 4.78 is 4.83. The van der Waals surface area contributed by atoms with Crippen LogP contribution in [0.2, 0.25) is 0 Å². The van der Waals surface area contributed by atoms with Crippen LogP contribution in [0.1, 0.15) is 36.8 Å². The predicted octanol–water partition coefficient (Wildman–Crippen LogP) is 2.53. The van der Waals surface area contributed by atoms with E-state index in [0.29, 0.717) is 0 Å². The summed E-state index contributed by atoms with van der Waals surface area (Å²) in [5.74, 6) is -0.0990. The fourth-order valence-corrected chi connectivity index (χ4v) is 3.35. The average Bonchev–Trinajstić information content (AvgIpc) is 3.07. The number of methoxy groups -OCH3 is 1. The first-order chi connectivity index (χ1) is 9.76. The topological polar surface area (TPSA) is 41.6 Å². The van der Waals surface area contributed by atoms with Gasteiger partial charge in [0.2, 0.25) is 5.91 Å². The summed E-state index contributed by atoms with van der Waals surface area (Å²) in [7, 11) is 1.53. The minimum atomic E-state index is -0.0990. The molecule has 1 fully saturated rings. The highest BCUT2D eigenvalue weighted by atomic mass is 16.5. The quantitative estimate of drug-likeness (QED) is 0.917. The molecule has 2 aliphatic rings. The van der Waals surface area contributed by atoms with Crippen molar-refractivity contribution in [2.24, 2.45) is 0 Å². The van der Waals surface area contributed by atoms with Crippen molar-refractivity contribution < 1.29 is 9.53 Å². The van der Waals surface area contributed by atoms with E-state index >= 15 is 0 Å². The normalized spacial score (nSPS) is 19.2. The maximum absolute atomic E-state index is 11.5. The summed E-state index contributed by atoms with van der Waals surface area (Å²) >= 11 is 0. The summed E-state index contributed by atoms with van der Waals surface area (Å²) in [6.45, 7) is 2.19. The van der Waals surface area contributed by atoms with Crippen molar-refractivity contribution in [1.29, 1.82) is 0 Å². The highest BCUT2D eigenvalue weighted by Crippen LogP contribution is 2.32. The van der Waals surface area contributed by atoms with Crippen LogP contribution in [0.3, 0.4) is 0 Å². The average molecular weight is 274 g/mol. The molecule has 4 heteroatoms. The molecule has 1 aliphatic heterocycles. The number of fused-ring (bicyclic) bond motifs is 1. The second-order valence-corrected chi connectivity index (χ2v) is 5.81. The van der Waals surface area contributed by atoms with E-state index in [2.05, 4.69) is 22.3 Å². The number of benzene rings is 1. The van der Waals surface area contributed by atoms with Crippen LogP contribution in [-0.4, -0.2) is 30.6 Å². The van der Waals surface area contributed by atoms with Gasteiger partial charge in [0.1, 0.15) is 6.61 Å². The summed E-state index contributed by atoms with van der Waals surface area (Å²) in [6.07, 6.45) is 5.42. The lowest BCUT2D eigenvalue weighted by Gasteiger charge is -2.22. The highest BCUT2D eigenvalue weighted by Gasteiger charge is 2.27. The van der Waals surface area contributed by atoms with Gasteiger partial charge >= 0.3 is 0 Å². The summed E-state index contributed by atoms with van der Waals surface area (Å²) in [5, 5.41) is 2.87. The van der Waals surface area contributed by atoms with E-state index in [1.165, 1.54) is 43.9 Å². The molecule has 1 heterocycles. The molecule has 1 amide bonds. The molecule has 0 radical (unpaired) electrons. The van der Waals surface area contributed by atoms with Crippen LogP contribution in [0.25, 0.3) is 0 Å². The van der Waals surface area contributed by atoms with Crippen molar-refractivity contribution in [1.82, 2.24) is 4.90 Å². The Bertz CT molecular complexity index is 495. The van der Waals surface area contributed by atoms with Gasteiger partial charge in [-0.25, -0.2) is 0 Å². The predicted molar refractivity (Wildman–Crippen MR) is 78.5 cm³/mol. The number of rotatable bonds is 4. The smallest absolute Gasteiger partial charge is 0.250 e. The zero-order chi connectivity index (χ0) is 13.9. The van der Waals surface area contributed by atoms with Gasteiger partial charge < -0.3 is 10.1 Å². The number of amides is 1. The van der Waals surface area contributed by atoms with Gasteiger partial charge in [-0.1, -0.05) is 18.9 Å². The number of hydrogen-bond acceptors (Lipinski definition) is 3. The molecular formula is C16H22N2O2. The Morgan fingerprint density at radius 1 is 1.30 bits per heavy atom. The first kappa shape index (κ1) is 13.6. The number of nitrogens with one attached hydrogen (secondary N) is 1. The molecule has 1 N–H and O–H groups in total. The Labute approximate surface area is 120 Å². The second-order valence-electron chi connectivity index (χ2n) is 5.81. The molecule has 0 spiro atoms. The third kappa shape index (κ3) is 2.86. The van der Waals surface area contributed by atoms with E-state index in [9.17, 15) is 4.79 Å². The minimum absolute atomic E-state index is 0.0990. The van der Waals surface area contributed by atoms with Crippen molar-refractivity contribution in [3.63, 3.8) is 0 Å². The number of carbonyl (C=O) groups is 1. The second kappa shape index (κ2) is 5.94. The van der Waals surface area contributed by atoms with Gasteiger partial charge in [-0.15, -0.1) is 0 Å². The van der Waals surface area contributed by atoms with Gasteiger partial charge in [0.15, 0.2) is 0 Å². The minimum Gasteiger partial charge on any atom is -0.375 e. The van der Waals surface area contributed by atoms with Crippen LogP contribution >= 0.6 is 0 Å². The molecule has 108 valence electrons. The van der Waals surface area contributed by atoms with Gasteiger partial charge in [0, 0.05) is 31.9 Å². The van der Waals surface area contributed by atoms with E-state index < -0.39 is 0 Å². The van der Waals surface area contributed by atoms with Crippen molar-refractivity contribution in [2.75, 3.05) is 19.0 Å². The van der Waals surface area contributed by atoms with Crippen molar-refractivity contribution >= 4 is 11.6 Å². The molecule has 3 rings (SSSR count). The van der Waals surface area contributed by atoms with Gasteiger partial charge in [-0.3, -0.25) is 9.69 Å². The van der Waals surface area contributed by atoms with E-state index in [-0.39, 0.29) is 12.5 Å². The summed E-state index contributed by atoms with van der Waals surface area (Å²) in [5.41, 5.74) is 3.63. The molecule has 4 nitrogen and oxygen atoms in total. The molecule has 0 saturated heterocycles. The third-order valence-electron chi connectivity index (χ3n) is 4.35. The molecule has 1 aromatic carbocycles. The van der Waals surface area contributed by atoms with E-state index in [1.54, 1.807) is 0 Å². The number of anilines is 1. The molecule has 1 aliphatic carbocycles. The Kier molecular flexibility index (Phi) is 4.03. The lowest BCUT2D eigenvalue weighted by molar-refractivity contribution is -0.119. The van der Waals surface area contributed by atoms with Crippen LogP contribution in [0.4, 0.5) is 5.69 Å². The van der Waals surface area contributed by atoms with E-state index in [4.69, 9.17) is 4.74 Å². The monoisotopic (exact) mass is 274 g/mol. The lowest BCUT2D eigenvalue weighted by atomic mass is 10.1. The Morgan fingerprint density at radius 2 is 2.05 bits per heavy atom. The summed E-state index contributed by atoms with van der Waals surface area (Å²) in [4.78, 5) is 14.1.